The van der Waals surface area contributed by atoms with Crippen LogP contribution in [0.15, 0.2) is 18.2 Å². The Morgan fingerprint density at radius 2 is 2.10 bits per heavy atom. The second-order valence-electron chi connectivity index (χ2n) is 6.13. The Kier molecular flexibility index (Phi) is 4.76. The van der Waals surface area contributed by atoms with Gasteiger partial charge >= 0.3 is 0 Å². The van der Waals surface area contributed by atoms with Crippen LogP contribution in [0.3, 0.4) is 0 Å². The third-order valence-corrected chi connectivity index (χ3v) is 4.44. The van der Waals surface area contributed by atoms with Crippen LogP contribution < -0.4 is 5.32 Å². The third kappa shape index (κ3) is 3.55. The van der Waals surface area contributed by atoms with Crippen molar-refractivity contribution in [3.8, 4) is 0 Å². The largest absolute Gasteiger partial charge is 0.310 e. The molecule has 0 bridgehead atoms. The molecule has 2 unspecified atom stereocenters. The van der Waals surface area contributed by atoms with E-state index in [2.05, 4.69) is 31.0 Å². The summed E-state index contributed by atoms with van der Waals surface area (Å²) in [6.07, 6.45) is 2.12. The van der Waals surface area contributed by atoms with Gasteiger partial charge in [-0.05, 0) is 50.9 Å². The van der Waals surface area contributed by atoms with Crippen molar-refractivity contribution in [2.75, 3.05) is 13.1 Å². The van der Waals surface area contributed by atoms with Crippen molar-refractivity contribution in [1.82, 2.24) is 10.2 Å². The molecule has 2 atom stereocenters. The Balaban J connectivity index is 2.14. The summed E-state index contributed by atoms with van der Waals surface area (Å²) in [4.78, 5) is 2.36. The standard InChI is InChI=1S/C16H24F2N2/c1-4-16(3)11-20(12(2)7-8-19-16)10-13-5-6-14(17)15(18)9-13/h5-6,9,12,19H,4,7-8,10-11H2,1-3H3. The maximum Gasteiger partial charge on any atom is 0.159 e. The van der Waals surface area contributed by atoms with Crippen LogP contribution in [-0.2, 0) is 6.54 Å². The Labute approximate surface area is 120 Å². The SMILES string of the molecule is CCC1(C)CN(Cc2ccc(F)c(F)c2)C(C)CCN1. The van der Waals surface area contributed by atoms with E-state index >= 15 is 0 Å². The van der Waals surface area contributed by atoms with Crippen molar-refractivity contribution < 1.29 is 8.78 Å². The lowest BCUT2D eigenvalue weighted by Gasteiger charge is -2.35. The molecule has 2 rings (SSSR count). The first kappa shape index (κ1) is 15.4. The molecule has 0 radical (unpaired) electrons. The Hall–Kier alpha value is -1.00. The molecular weight excluding hydrogens is 258 g/mol. The molecule has 0 spiro atoms. The van der Waals surface area contributed by atoms with Crippen LogP contribution >= 0.6 is 0 Å². The average molecular weight is 282 g/mol. The maximum absolute atomic E-state index is 13.3. The topological polar surface area (TPSA) is 15.3 Å². The Bertz CT molecular complexity index is 464. The summed E-state index contributed by atoms with van der Waals surface area (Å²) < 4.78 is 26.3. The lowest BCUT2D eigenvalue weighted by molar-refractivity contribution is 0.163. The van der Waals surface area contributed by atoms with Crippen molar-refractivity contribution >= 4 is 0 Å². The van der Waals surface area contributed by atoms with Crippen LogP contribution in [0.2, 0.25) is 0 Å². The van der Waals surface area contributed by atoms with E-state index in [-0.39, 0.29) is 5.54 Å². The zero-order chi connectivity index (χ0) is 14.8. The van der Waals surface area contributed by atoms with Gasteiger partial charge in [-0.25, -0.2) is 8.78 Å². The predicted molar refractivity (Wildman–Crippen MR) is 77.5 cm³/mol. The second kappa shape index (κ2) is 6.19. The highest BCUT2D eigenvalue weighted by molar-refractivity contribution is 5.18. The minimum Gasteiger partial charge on any atom is -0.310 e. The van der Waals surface area contributed by atoms with E-state index in [4.69, 9.17) is 0 Å². The molecule has 1 aliphatic rings. The first-order valence-electron chi connectivity index (χ1n) is 7.36. The molecule has 1 saturated heterocycles. The first-order valence-corrected chi connectivity index (χ1v) is 7.36. The summed E-state index contributed by atoms with van der Waals surface area (Å²) in [5.41, 5.74) is 0.916. The highest BCUT2D eigenvalue weighted by atomic mass is 19.2. The molecule has 1 fully saturated rings. The fraction of sp³-hybridized carbons (Fsp3) is 0.625. The van der Waals surface area contributed by atoms with Crippen molar-refractivity contribution in [3.63, 3.8) is 0 Å². The highest BCUT2D eigenvalue weighted by Crippen LogP contribution is 2.21. The molecule has 0 aromatic heterocycles. The van der Waals surface area contributed by atoms with E-state index in [1.165, 1.54) is 12.1 Å². The van der Waals surface area contributed by atoms with Crippen LogP contribution in [0.4, 0.5) is 8.78 Å². The molecule has 4 heteroatoms. The average Bonchev–Trinajstić information content (AvgIpc) is 2.55. The Morgan fingerprint density at radius 3 is 2.75 bits per heavy atom. The van der Waals surface area contributed by atoms with Gasteiger partial charge in [-0.2, -0.15) is 0 Å². The molecule has 1 aromatic rings. The lowest BCUT2D eigenvalue weighted by atomic mass is 9.98. The summed E-state index contributed by atoms with van der Waals surface area (Å²) in [5.74, 6) is -1.54. The van der Waals surface area contributed by atoms with Crippen molar-refractivity contribution in [3.05, 3.63) is 35.4 Å². The van der Waals surface area contributed by atoms with Crippen LogP contribution in [-0.4, -0.2) is 29.6 Å². The van der Waals surface area contributed by atoms with Crippen LogP contribution in [0.5, 0.6) is 0 Å². The molecular formula is C16H24F2N2. The van der Waals surface area contributed by atoms with Gasteiger partial charge in [-0.15, -0.1) is 0 Å². The smallest absolute Gasteiger partial charge is 0.159 e. The molecule has 2 nitrogen and oxygen atoms in total. The molecule has 0 amide bonds. The summed E-state index contributed by atoms with van der Waals surface area (Å²) in [5, 5.41) is 3.60. The van der Waals surface area contributed by atoms with Crippen LogP contribution in [0.25, 0.3) is 0 Å². The van der Waals surface area contributed by atoms with Gasteiger partial charge in [-0.1, -0.05) is 13.0 Å². The molecule has 112 valence electrons. The van der Waals surface area contributed by atoms with E-state index in [0.717, 1.165) is 31.5 Å². The number of hydrogen-bond donors (Lipinski definition) is 1. The Morgan fingerprint density at radius 1 is 1.35 bits per heavy atom. The minimum atomic E-state index is -0.780. The molecule has 1 aliphatic heterocycles. The molecule has 1 N–H and O–H groups in total. The van der Waals surface area contributed by atoms with Crippen molar-refractivity contribution in [1.29, 1.82) is 0 Å². The minimum absolute atomic E-state index is 0.0866. The van der Waals surface area contributed by atoms with Gasteiger partial charge in [0.15, 0.2) is 11.6 Å². The predicted octanol–water partition coefficient (Wildman–Crippen LogP) is 3.32. The maximum atomic E-state index is 13.3. The normalized spacial score (nSPS) is 28.4. The van der Waals surface area contributed by atoms with E-state index in [9.17, 15) is 8.78 Å². The van der Waals surface area contributed by atoms with Gasteiger partial charge in [-0.3, -0.25) is 4.90 Å². The van der Waals surface area contributed by atoms with Crippen molar-refractivity contribution in [2.45, 2.75) is 51.7 Å². The van der Waals surface area contributed by atoms with E-state index in [0.29, 0.717) is 12.6 Å². The number of nitrogens with zero attached hydrogens (tertiary/aromatic N) is 1. The molecule has 1 aromatic carbocycles. The van der Waals surface area contributed by atoms with Crippen LogP contribution in [0, 0.1) is 11.6 Å². The van der Waals surface area contributed by atoms with Gasteiger partial charge in [0.05, 0.1) is 0 Å². The van der Waals surface area contributed by atoms with Gasteiger partial charge in [0.25, 0.3) is 0 Å². The summed E-state index contributed by atoms with van der Waals surface area (Å²) in [6, 6.07) is 4.63. The third-order valence-electron chi connectivity index (χ3n) is 4.44. The second-order valence-corrected chi connectivity index (χ2v) is 6.13. The fourth-order valence-electron chi connectivity index (χ4n) is 2.75. The van der Waals surface area contributed by atoms with Crippen molar-refractivity contribution in [2.24, 2.45) is 0 Å². The van der Waals surface area contributed by atoms with E-state index in [1.807, 2.05) is 0 Å². The molecule has 0 aliphatic carbocycles. The number of benzene rings is 1. The number of halogens is 2. The zero-order valence-electron chi connectivity index (χ0n) is 12.5. The van der Waals surface area contributed by atoms with Gasteiger partial charge in [0, 0.05) is 24.7 Å². The van der Waals surface area contributed by atoms with E-state index in [1.54, 1.807) is 6.07 Å². The molecule has 0 saturated carbocycles. The summed E-state index contributed by atoms with van der Waals surface area (Å²) in [6.45, 7) is 9.18. The number of hydrogen-bond acceptors (Lipinski definition) is 2. The first-order chi connectivity index (χ1) is 9.43. The summed E-state index contributed by atoms with van der Waals surface area (Å²) >= 11 is 0. The number of rotatable bonds is 3. The van der Waals surface area contributed by atoms with Gasteiger partial charge < -0.3 is 5.32 Å². The van der Waals surface area contributed by atoms with Gasteiger partial charge in [0.2, 0.25) is 0 Å². The molecule has 20 heavy (non-hydrogen) atoms. The van der Waals surface area contributed by atoms with Crippen LogP contribution in [0.1, 0.15) is 39.2 Å². The lowest BCUT2D eigenvalue weighted by Crippen LogP contribution is -2.49. The van der Waals surface area contributed by atoms with Gasteiger partial charge in [0.1, 0.15) is 0 Å². The quantitative estimate of drug-likeness (QED) is 0.915. The molecule has 1 heterocycles. The zero-order valence-corrected chi connectivity index (χ0v) is 12.5. The van der Waals surface area contributed by atoms with E-state index < -0.39 is 11.6 Å². The monoisotopic (exact) mass is 282 g/mol. The highest BCUT2D eigenvalue weighted by Gasteiger charge is 2.30. The fourth-order valence-corrected chi connectivity index (χ4v) is 2.75. The number of nitrogens with one attached hydrogen (secondary N) is 1. The summed E-state index contributed by atoms with van der Waals surface area (Å²) in [7, 11) is 0.